The molecule has 2 aromatic rings. The predicted molar refractivity (Wildman–Crippen MR) is 68.8 cm³/mol. The first-order valence-corrected chi connectivity index (χ1v) is 5.95. The fourth-order valence-electron chi connectivity index (χ4n) is 1.60. The van der Waals surface area contributed by atoms with E-state index in [4.69, 9.17) is 0 Å². The van der Waals surface area contributed by atoms with Crippen molar-refractivity contribution in [1.82, 2.24) is 15.1 Å². The van der Waals surface area contributed by atoms with Crippen LogP contribution in [0.25, 0.3) is 5.69 Å². The van der Waals surface area contributed by atoms with Gasteiger partial charge in [-0.15, -0.1) is 0 Å². The molecule has 0 radical (unpaired) electrons. The molecule has 0 aliphatic heterocycles. The molecule has 1 N–H and O–H groups in total. The molecule has 16 heavy (non-hydrogen) atoms. The summed E-state index contributed by atoms with van der Waals surface area (Å²) < 4.78 is 2.94. The lowest BCUT2D eigenvalue weighted by atomic mass is 10.2. The maximum absolute atomic E-state index is 4.39. The van der Waals surface area contributed by atoms with Crippen molar-refractivity contribution in [3.63, 3.8) is 0 Å². The molecule has 0 atom stereocenters. The highest BCUT2D eigenvalue weighted by Crippen LogP contribution is 2.22. The third-order valence-corrected chi connectivity index (χ3v) is 3.00. The zero-order valence-electron chi connectivity index (χ0n) is 9.37. The summed E-state index contributed by atoms with van der Waals surface area (Å²) in [6.45, 7) is 2.86. The number of nitrogens with one attached hydrogen (secondary N) is 1. The van der Waals surface area contributed by atoms with Crippen LogP contribution in [0.4, 0.5) is 0 Å². The number of benzene rings is 1. The minimum absolute atomic E-state index is 0.872. The van der Waals surface area contributed by atoms with Crippen molar-refractivity contribution in [2.45, 2.75) is 13.5 Å². The minimum Gasteiger partial charge on any atom is -0.316 e. The van der Waals surface area contributed by atoms with Gasteiger partial charge in [0, 0.05) is 17.2 Å². The predicted octanol–water partition coefficient (Wildman–Crippen LogP) is 2.66. The maximum Gasteiger partial charge on any atom is 0.0787 e. The number of rotatable bonds is 3. The number of halogens is 1. The standard InChI is InChI=1S/C12H14BrN3/c1-9-5-6-16(15-9)12-4-3-10(8-14-2)7-11(12)13/h3-7,14H,8H2,1-2H3. The maximum atomic E-state index is 4.39. The van der Waals surface area contributed by atoms with Crippen LogP contribution >= 0.6 is 15.9 Å². The Balaban J connectivity index is 2.36. The normalized spacial score (nSPS) is 10.7. The van der Waals surface area contributed by atoms with Gasteiger partial charge in [0.05, 0.1) is 11.4 Å². The second-order valence-electron chi connectivity index (χ2n) is 3.72. The van der Waals surface area contributed by atoms with Gasteiger partial charge in [0.1, 0.15) is 0 Å². The molecule has 0 aliphatic carbocycles. The van der Waals surface area contributed by atoms with Gasteiger partial charge < -0.3 is 5.32 Å². The molecule has 84 valence electrons. The average Bonchev–Trinajstić information content (AvgIpc) is 2.65. The van der Waals surface area contributed by atoms with Crippen molar-refractivity contribution in [2.24, 2.45) is 0 Å². The smallest absolute Gasteiger partial charge is 0.0787 e. The monoisotopic (exact) mass is 279 g/mol. The lowest BCUT2D eigenvalue weighted by Crippen LogP contribution is -2.05. The summed E-state index contributed by atoms with van der Waals surface area (Å²) in [6.07, 6.45) is 1.97. The summed E-state index contributed by atoms with van der Waals surface area (Å²) in [5.41, 5.74) is 3.33. The van der Waals surface area contributed by atoms with E-state index in [0.717, 1.165) is 22.4 Å². The Hall–Kier alpha value is -1.13. The Morgan fingerprint density at radius 3 is 2.75 bits per heavy atom. The van der Waals surface area contributed by atoms with Crippen LogP contribution in [0.3, 0.4) is 0 Å². The minimum atomic E-state index is 0.872. The molecule has 0 fully saturated rings. The zero-order chi connectivity index (χ0) is 11.5. The van der Waals surface area contributed by atoms with Gasteiger partial charge >= 0.3 is 0 Å². The molecular formula is C12H14BrN3. The fraction of sp³-hybridized carbons (Fsp3) is 0.250. The third-order valence-electron chi connectivity index (χ3n) is 2.36. The second kappa shape index (κ2) is 4.80. The summed E-state index contributed by atoms with van der Waals surface area (Å²) in [5.74, 6) is 0. The Kier molecular flexibility index (Phi) is 3.41. The highest BCUT2D eigenvalue weighted by atomic mass is 79.9. The molecule has 0 saturated carbocycles. The van der Waals surface area contributed by atoms with Gasteiger partial charge in [-0.3, -0.25) is 0 Å². The first-order chi connectivity index (χ1) is 7.70. The molecule has 4 heteroatoms. The molecule has 2 rings (SSSR count). The highest BCUT2D eigenvalue weighted by molar-refractivity contribution is 9.10. The van der Waals surface area contributed by atoms with Crippen molar-refractivity contribution in [1.29, 1.82) is 0 Å². The fourth-order valence-corrected chi connectivity index (χ4v) is 2.21. The molecule has 0 amide bonds. The molecule has 0 bridgehead atoms. The van der Waals surface area contributed by atoms with Crippen LogP contribution in [0.15, 0.2) is 34.9 Å². The van der Waals surface area contributed by atoms with Crippen molar-refractivity contribution in [3.8, 4) is 5.69 Å². The van der Waals surface area contributed by atoms with Crippen LogP contribution in [0, 0.1) is 6.92 Å². The Labute approximate surface area is 104 Å². The van der Waals surface area contributed by atoms with Crippen molar-refractivity contribution in [3.05, 3.63) is 46.2 Å². The quantitative estimate of drug-likeness (QED) is 0.936. The summed E-state index contributed by atoms with van der Waals surface area (Å²) in [5, 5.41) is 7.52. The van der Waals surface area contributed by atoms with Gasteiger partial charge in [-0.25, -0.2) is 4.68 Å². The van der Waals surface area contributed by atoms with E-state index in [2.05, 4.69) is 44.5 Å². The SMILES string of the molecule is CNCc1ccc(-n2ccc(C)n2)c(Br)c1. The van der Waals surface area contributed by atoms with Crippen molar-refractivity contribution < 1.29 is 0 Å². The molecule has 0 spiro atoms. The molecule has 0 aliphatic rings. The highest BCUT2D eigenvalue weighted by Gasteiger charge is 2.04. The molecule has 0 unspecified atom stereocenters. The van der Waals surface area contributed by atoms with Gasteiger partial charge in [-0.1, -0.05) is 6.07 Å². The van der Waals surface area contributed by atoms with E-state index in [1.807, 2.05) is 30.9 Å². The lowest BCUT2D eigenvalue weighted by Gasteiger charge is -2.07. The Bertz CT molecular complexity index is 491. The Morgan fingerprint density at radius 2 is 2.19 bits per heavy atom. The summed E-state index contributed by atoms with van der Waals surface area (Å²) in [7, 11) is 1.94. The Morgan fingerprint density at radius 1 is 1.38 bits per heavy atom. The first kappa shape index (κ1) is 11.4. The van der Waals surface area contributed by atoms with E-state index in [9.17, 15) is 0 Å². The van der Waals surface area contributed by atoms with E-state index >= 15 is 0 Å². The van der Waals surface area contributed by atoms with Gasteiger partial charge in [0.25, 0.3) is 0 Å². The topological polar surface area (TPSA) is 29.9 Å². The van der Waals surface area contributed by atoms with E-state index < -0.39 is 0 Å². The van der Waals surface area contributed by atoms with Crippen LogP contribution in [0.5, 0.6) is 0 Å². The molecule has 1 aromatic heterocycles. The summed E-state index contributed by atoms with van der Waals surface area (Å²) in [6, 6.07) is 8.29. The van der Waals surface area contributed by atoms with Crippen molar-refractivity contribution in [2.75, 3.05) is 7.05 Å². The second-order valence-corrected chi connectivity index (χ2v) is 4.57. The largest absolute Gasteiger partial charge is 0.316 e. The number of hydrogen-bond donors (Lipinski definition) is 1. The van der Waals surface area contributed by atoms with Crippen molar-refractivity contribution >= 4 is 15.9 Å². The number of hydrogen-bond acceptors (Lipinski definition) is 2. The lowest BCUT2D eigenvalue weighted by molar-refractivity contribution is 0.812. The van der Waals surface area contributed by atoms with Crippen LogP contribution in [-0.4, -0.2) is 16.8 Å². The number of aryl methyl sites for hydroxylation is 1. The summed E-state index contributed by atoms with van der Waals surface area (Å²) in [4.78, 5) is 0. The van der Waals surface area contributed by atoms with Gasteiger partial charge in [-0.2, -0.15) is 5.10 Å². The average molecular weight is 280 g/mol. The van der Waals surface area contributed by atoms with E-state index in [-0.39, 0.29) is 0 Å². The zero-order valence-corrected chi connectivity index (χ0v) is 11.0. The van der Waals surface area contributed by atoms with Gasteiger partial charge in [-0.05, 0) is 53.7 Å². The first-order valence-electron chi connectivity index (χ1n) is 5.16. The van der Waals surface area contributed by atoms with Crippen LogP contribution in [0.1, 0.15) is 11.3 Å². The van der Waals surface area contributed by atoms with E-state index in [1.165, 1.54) is 5.56 Å². The number of aromatic nitrogens is 2. The van der Waals surface area contributed by atoms with Gasteiger partial charge in [0.2, 0.25) is 0 Å². The third kappa shape index (κ3) is 2.33. The van der Waals surface area contributed by atoms with Crippen LogP contribution in [0.2, 0.25) is 0 Å². The molecule has 1 heterocycles. The number of nitrogens with zero attached hydrogens (tertiary/aromatic N) is 2. The van der Waals surface area contributed by atoms with Crippen LogP contribution < -0.4 is 5.32 Å². The molecular weight excluding hydrogens is 266 g/mol. The molecule has 3 nitrogen and oxygen atoms in total. The summed E-state index contributed by atoms with van der Waals surface area (Å²) >= 11 is 3.57. The molecule has 1 aromatic carbocycles. The van der Waals surface area contributed by atoms with E-state index in [1.54, 1.807) is 0 Å². The van der Waals surface area contributed by atoms with Gasteiger partial charge in [0.15, 0.2) is 0 Å². The molecule has 0 saturated heterocycles. The van der Waals surface area contributed by atoms with E-state index in [0.29, 0.717) is 0 Å². The van der Waals surface area contributed by atoms with Crippen LogP contribution in [-0.2, 0) is 6.54 Å².